The van der Waals surface area contributed by atoms with Crippen LogP contribution in [0.1, 0.15) is 47.0 Å². The van der Waals surface area contributed by atoms with Crippen LogP contribution < -0.4 is 10.6 Å². The van der Waals surface area contributed by atoms with E-state index in [0.29, 0.717) is 6.04 Å². The number of piperidine rings is 1. The molecule has 0 bridgehead atoms. The summed E-state index contributed by atoms with van der Waals surface area (Å²) in [6.45, 7) is 8.68. The number of amides is 1. The van der Waals surface area contributed by atoms with Crippen molar-refractivity contribution in [3.05, 3.63) is 0 Å². The average molecular weight is 228 g/mol. The third-order valence-electron chi connectivity index (χ3n) is 2.70. The van der Waals surface area contributed by atoms with Crippen molar-refractivity contribution >= 4 is 6.09 Å². The quantitative estimate of drug-likeness (QED) is 0.760. The van der Waals surface area contributed by atoms with Gasteiger partial charge in [-0.25, -0.2) is 4.79 Å². The maximum atomic E-state index is 11.6. The molecule has 1 amide bonds. The summed E-state index contributed by atoms with van der Waals surface area (Å²) in [5, 5.41) is 6.30. The van der Waals surface area contributed by atoms with Crippen LogP contribution in [0.2, 0.25) is 0 Å². The zero-order valence-electron chi connectivity index (χ0n) is 10.8. The van der Waals surface area contributed by atoms with E-state index in [1.54, 1.807) is 0 Å². The summed E-state index contributed by atoms with van der Waals surface area (Å²) >= 11 is 0. The van der Waals surface area contributed by atoms with E-state index in [1.165, 1.54) is 12.8 Å². The Morgan fingerprint density at radius 1 is 1.44 bits per heavy atom. The molecule has 16 heavy (non-hydrogen) atoms. The number of nitrogens with one attached hydrogen (secondary N) is 2. The van der Waals surface area contributed by atoms with Crippen molar-refractivity contribution in [2.45, 2.75) is 64.6 Å². The van der Waals surface area contributed by atoms with Crippen LogP contribution in [0.25, 0.3) is 0 Å². The number of carbonyl (C=O) groups excluding carboxylic acids is 1. The van der Waals surface area contributed by atoms with Crippen molar-refractivity contribution in [1.82, 2.24) is 10.6 Å². The van der Waals surface area contributed by atoms with Crippen LogP contribution in [-0.4, -0.2) is 30.3 Å². The lowest BCUT2D eigenvalue weighted by Crippen LogP contribution is -2.51. The zero-order valence-corrected chi connectivity index (χ0v) is 10.8. The summed E-state index contributed by atoms with van der Waals surface area (Å²) in [6.07, 6.45) is 3.26. The second-order valence-corrected chi connectivity index (χ2v) is 5.49. The summed E-state index contributed by atoms with van der Waals surface area (Å²) in [6, 6.07) is 0.497. The SMILES string of the molecule is C[C@H](NC(=O)OC(C)(C)C)[C@@H]1CCCCN1. The molecular weight excluding hydrogens is 204 g/mol. The highest BCUT2D eigenvalue weighted by Crippen LogP contribution is 2.11. The van der Waals surface area contributed by atoms with Gasteiger partial charge in [0.2, 0.25) is 0 Å². The van der Waals surface area contributed by atoms with Gasteiger partial charge in [0.1, 0.15) is 5.60 Å². The van der Waals surface area contributed by atoms with Crippen LogP contribution in [0, 0.1) is 0 Å². The van der Waals surface area contributed by atoms with Gasteiger partial charge in [0.15, 0.2) is 0 Å². The van der Waals surface area contributed by atoms with E-state index in [4.69, 9.17) is 4.74 Å². The fraction of sp³-hybridized carbons (Fsp3) is 0.917. The Balaban J connectivity index is 2.32. The van der Waals surface area contributed by atoms with E-state index in [2.05, 4.69) is 10.6 Å². The first-order valence-corrected chi connectivity index (χ1v) is 6.11. The Bertz CT molecular complexity index is 230. The molecule has 1 saturated heterocycles. The largest absolute Gasteiger partial charge is 0.444 e. The molecule has 1 rings (SSSR count). The van der Waals surface area contributed by atoms with Crippen LogP contribution >= 0.6 is 0 Å². The Hall–Kier alpha value is -0.770. The highest BCUT2D eigenvalue weighted by atomic mass is 16.6. The molecule has 0 aromatic rings. The maximum Gasteiger partial charge on any atom is 0.407 e. The molecule has 0 spiro atoms. The summed E-state index contributed by atoms with van der Waals surface area (Å²) in [5.74, 6) is 0. The second-order valence-electron chi connectivity index (χ2n) is 5.49. The van der Waals surface area contributed by atoms with Crippen LogP contribution in [0.5, 0.6) is 0 Å². The molecule has 0 saturated carbocycles. The molecule has 0 unspecified atom stereocenters. The first-order chi connectivity index (χ1) is 7.38. The Morgan fingerprint density at radius 2 is 2.12 bits per heavy atom. The molecule has 1 aliphatic rings. The van der Waals surface area contributed by atoms with Crippen LogP contribution in [0.15, 0.2) is 0 Å². The van der Waals surface area contributed by atoms with Crippen molar-refractivity contribution in [1.29, 1.82) is 0 Å². The molecule has 4 nitrogen and oxygen atoms in total. The van der Waals surface area contributed by atoms with Crippen LogP contribution in [-0.2, 0) is 4.74 Å². The van der Waals surface area contributed by atoms with E-state index in [9.17, 15) is 4.79 Å². The van der Waals surface area contributed by atoms with Crippen molar-refractivity contribution in [2.24, 2.45) is 0 Å². The third-order valence-corrected chi connectivity index (χ3v) is 2.70. The molecule has 0 radical (unpaired) electrons. The minimum absolute atomic E-state index is 0.121. The van der Waals surface area contributed by atoms with Crippen molar-refractivity contribution in [3.63, 3.8) is 0 Å². The maximum absolute atomic E-state index is 11.6. The summed E-state index contributed by atoms with van der Waals surface area (Å²) in [5.41, 5.74) is -0.427. The van der Waals surface area contributed by atoms with Crippen molar-refractivity contribution in [3.8, 4) is 0 Å². The van der Waals surface area contributed by atoms with Gasteiger partial charge in [-0.05, 0) is 47.1 Å². The predicted molar refractivity (Wildman–Crippen MR) is 64.5 cm³/mol. The molecule has 4 heteroatoms. The first kappa shape index (κ1) is 13.3. The third kappa shape index (κ3) is 4.84. The van der Waals surface area contributed by atoms with E-state index in [0.717, 1.165) is 13.0 Å². The first-order valence-electron chi connectivity index (χ1n) is 6.11. The molecule has 2 atom stereocenters. The van der Waals surface area contributed by atoms with Gasteiger partial charge in [-0.15, -0.1) is 0 Å². The molecule has 0 aromatic carbocycles. The standard InChI is InChI=1S/C12H24N2O2/c1-9(10-7-5-6-8-13-10)14-11(15)16-12(2,3)4/h9-10,13H,5-8H2,1-4H3,(H,14,15)/t9-,10-/m0/s1. The average Bonchev–Trinajstić information content (AvgIpc) is 2.16. The number of ether oxygens (including phenoxy) is 1. The molecule has 0 aliphatic carbocycles. The van der Waals surface area contributed by atoms with Gasteiger partial charge in [0.25, 0.3) is 0 Å². The number of hydrogen-bond acceptors (Lipinski definition) is 3. The number of carbonyl (C=O) groups is 1. The normalized spacial score (nSPS) is 23.6. The van der Waals surface area contributed by atoms with Crippen molar-refractivity contribution in [2.75, 3.05) is 6.54 Å². The molecule has 1 fully saturated rings. The number of rotatable bonds is 2. The van der Waals surface area contributed by atoms with Crippen LogP contribution in [0.3, 0.4) is 0 Å². The molecule has 1 aliphatic heterocycles. The zero-order chi connectivity index (χ0) is 12.2. The Morgan fingerprint density at radius 3 is 2.62 bits per heavy atom. The minimum atomic E-state index is -0.427. The smallest absolute Gasteiger partial charge is 0.407 e. The van der Waals surface area contributed by atoms with Gasteiger partial charge >= 0.3 is 6.09 Å². The molecule has 1 heterocycles. The van der Waals surface area contributed by atoms with Gasteiger partial charge in [-0.1, -0.05) is 6.42 Å². The van der Waals surface area contributed by atoms with Gasteiger partial charge in [-0.2, -0.15) is 0 Å². The Kier molecular flexibility index (Phi) is 4.59. The van der Waals surface area contributed by atoms with E-state index < -0.39 is 5.60 Å². The van der Waals surface area contributed by atoms with E-state index >= 15 is 0 Å². The monoisotopic (exact) mass is 228 g/mol. The molecular formula is C12H24N2O2. The lowest BCUT2D eigenvalue weighted by Gasteiger charge is -2.30. The molecule has 2 N–H and O–H groups in total. The summed E-state index contributed by atoms with van der Waals surface area (Å²) in [7, 11) is 0. The number of hydrogen-bond donors (Lipinski definition) is 2. The second kappa shape index (κ2) is 5.53. The summed E-state index contributed by atoms with van der Waals surface area (Å²) < 4.78 is 5.22. The van der Waals surface area contributed by atoms with Gasteiger partial charge in [0, 0.05) is 12.1 Å². The van der Waals surface area contributed by atoms with Gasteiger partial charge in [0.05, 0.1) is 0 Å². The fourth-order valence-corrected chi connectivity index (χ4v) is 1.90. The highest BCUT2D eigenvalue weighted by Gasteiger charge is 2.23. The van der Waals surface area contributed by atoms with E-state index in [1.807, 2.05) is 27.7 Å². The Labute approximate surface area is 98.1 Å². The van der Waals surface area contributed by atoms with Crippen molar-refractivity contribution < 1.29 is 9.53 Å². The minimum Gasteiger partial charge on any atom is -0.444 e. The van der Waals surface area contributed by atoms with Crippen LogP contribution in [0.4, 0.5) is 4.79 Å². The fourth-order valence-electron chi connectivity index (χ4n) is 1.90. The van der Waals surface area contributed by atoms with Gasteiger partial charge < -0.3 is 15.4 Å². The van der Waals surface area contributed by atoms with Gasteiger partial charge in [-0.3, -0.25) is 0 Å². The summed E-state index contributed by atoms with van der Waals surface area (Å²) in [4.78, 5) is 11.6. The highest BCUT2D eigenvalue weighted by molar-refractivity contribution is 5.68. The lowest BCUT2D eigenvalue weighted by molar-refractivity contribution is 0.0494. The molecule has 94 valence electrons. The topological polar surface area (TPSA) is 50.4 Å². The van der Waals surface area contributed by atoms with E-state index in [-0.39, 0.29) is 12.1 Å². The molecule has 0 aromatic heterocycles. The predicted octanol–water partition coefficient (Wildman–Crippen LogP) is 2.04. The lowest BCUT2D eigenvalue weighted by atomic mass is 9.99. The number of alkyl carbamates (subject to hydrolysis) is 1.